The van der Waals surface area contributed by atoms with Gasteiger partial charge in [0.2, 0.25) is 0 Å². The molecular formula is C16H27N3. The highest BCUT2D eigenvalue weighted by atomic mass is 15.2. The SMILES string of the molecule is Cc1nc(N(C)CCC(C)C)ccc1CNC1CC1. The number of nitrogens with one attached hydrogen (secondary N) is 1. The second-order valence-corrected chi connectivity index (χ2v) is 6.17. The number of hydrogen-bond donors (Lipinski definition) is 1. The zero-order chi connectivity index (χ0) is 13.8. The van der Waals surface area contributed by atoms with Crippen molar-refractivity contribution < 1.29 is 0 Å². The van der Waals surface area contributed by atoms with Crippen molar-refractivity contribution in [1.82, 2.24) is 10.3 Å². The number of hydrogen-bond acceptors (Lipinski definition) is 3. The van der Waals surface area contributed by atoms with Gasteiger partial charge in [0.05, 0.1) is 0 Å². The molecule has 19 heavy (non-hydrogen) atoms. The van der Waals surface area contributed by atoms with Crippen molar-refractivity contribution >= 4 is 5.82 Å². The quantitative estimate of drug-likeness (QED) is 0.817. The van der Waals surface area contributed by atoms with E-state index in [1.54, 1.807) is 0 Å². The van der Waals surface area contributed by atoms with Crippen LogP contribution in [0.4, 0.5) is 5.82 Å². The zero-order valence-electron chi connectivity index (χ0n) is 12.7. The van der Waals surface area contributed by atoms with Gasteiger partial charge in [0, 0.05) is 31.9 Å². The average molecular weight is 261 g/mol. The molecule has 2 rings (SSSR count). The summed E-state index contributed by atoms with van der Waals surface area (Å²) in [6.07, 6.45) is 3.88. The van der Waals surface area contributed by atoms with Crippen molar-refractivity contribution in [1.29, 1.82) is 0 Å². The first-order chi connectivity index (χ1) is 9.06. The third-order valence-electron chi connectivity index (χ3n) is 3.77. The van der Waals surface area contributed by atoms with Crippen LogP contribution in [-0.4, -0.2) is 24.6 Å². The molecule has 0 amide bonds. The highest BCUT2D eigenvalue weighted by Gasteiger charge is 2.20. The van der Waals surface area contributed by atoms with E-state index in [9.17, 15) is 0 Å². The summed E-state index contributed by atoms with van der Waals surface area (Å²) in [5, 5.41) is 3.55. The summed E-state index contributed by atoms with van der Waals surface area (Å²) in [5.41, 5.74) is 2.48. The third kappa shape index (κ3) is 4.50. The first-order valence-electron chi connectivity index (χ1n) is 7.47. The maximum Gasteiger partial charge on any atom is 0.128 e. The standard InChI is InChI=1S/C16H27N3/c1-12(2)9-10-19(4)16-8-5-14(13(3)18-16)11-17-15-6-7-15/h5,8,12,15,17H,6-7,9-11H2,1-4H3. The normalized spacial score (nSPS) is 15.0. The van der Waals surface area contributed by atoms with Gasteiger partial charge in [0.15, 0.2) is 0 Å². The molecule has 1 aliphatic carbocycles. The Labute approximate surface area is 117 Å². The first-order valence-corrected chi connectivity index (χ1v) is 7.47. The fourth-order valence-electron chi connectivity index (χ4n) is 2.08. The molecule has 0 atom stereocenters. The van der Waals surface area contributed by atoms with Gasteiger partial charge in [-0.1, -0.05) is 19.9 Å². The van der Waals surface area contributed by atoms with Gasteiger partial charge in [0.1, 0.15) is 5.82 Å². The van der Waals surface area contributed by atoms with Gasteiger partial charge in [0.25, 0.3) is 0 Å². The van der Waals surface area contributed by atoms with Crippen LogP contribution in [0.2, 0.25) is 0 Å². The molecule has 1 saturated carbocycles. The van der Waals surface area contributed by atoms with Crippen molar-refractivity contribution in [2.45, 2.75) is 52.6 Å². The van der Waals surface area contributed by atoms with Gasteiger partial charge < -0.3 is 10.2 Å². The largest absolute Gasteiger partial charge is 0.360 e. The Kier molecular flexibility index (Phi) is 4.81. The molecule has 106 valence electrons. The lowest BCUT2D eigenvalue weighted by Crippen LogP contribution is -2.22. The molecule has 3 heteroatoms. The molecule has 0 aromatic carbocycles. The van der Waals surface area contributed by atoms with Crippen LogP contribution in [-0.2, 0) is 6.54 Å². The molecule has 0 aliphatic heterocycles. The van der Waals surface area contributed by atoms with Crippen LogP contribution >= 0.6 is 0 Å². The van der Waals surface area contributed by atoms with Crippen molar-refractivity contribution in [3.63, 3.8) is 0 Å². The number of rotatable bonds is 7. The van der Waals surface area contributed by atoms with Crippen molar-refractivity contribution in [3.8, 4) is 0 Å². The Bertz CT molecular complexity index is 410. The summed E-state index contributed by atoms with van der Waals surface area (Å²) in [6.45, 7) is 8.67. The van der Waals surface area contributed by atoms with Gasteiger partial charge in [-0.3, -0.25) is 0 Å². The summed E-state index contributed by atoms with van der Waals surface area (Å²) in [5.74, 6) is 1.83. The van der Waals surface area contributed by atoms with Crippen LogP contribution in [0.5, 0.6) is 0 Å². The minimum Gasteiger partial charge on any atom is -0.360 e. The van der Waals surface area contributed by atoms with Gasteiger partial charge in [-0.25, -0.2) is 4.98 Å². The molecule has 1 N–H and O–H groups in total. The van der Waals surface area contributed by atoms with Crippen LogP contribution in [0.15, 0.2) is 12.1 Å². The molecule has 0 bridgehead atoms. The van der Waals surface area contributed by atoms with Crippen LogP contribution in [0, 0.1) is 12.8 Å². The first kappa shape index (κ1) is 14.3. The van der Waals surface area contributed by atoms with E-state index >= 15 is 0 Å². The van der Waals surface area contributed by atoms with Gasteiger partial charge in [-0.15, -0.1) is 0 Å². The summed E-state index contributed by atoms with van der Waals surface area (Å²) in [6, 6.07) is 5.13. The fraction of sp³-hybridized carbons (Fsp3) is 0.688. The number of aryl methyl sites for hydroxylation is 1. The molecule has 1 heterocycles. The van der Waals surface area contributed by atoms with E-state index in [2.05, 4.69) is 50.2 Å². The van der Waals surface area contributed by atoms with Crippen molar-refractivity contribution in [2.24, 2.45) is 5.92 Å². The molecule has 0 spiro atoms. The van der Waals surface area contributed by atoms with Crippen LogP contribution < -0.4 is 10.2 Å². The molecule has 1 aromatic heterocycles. The lowest BCUT2D eigenvalue weighted by molar-refractivity contribution is 0.583. The molecule has 0 unspecified atom stereocenters. The number of aromatic nitrogens is 1. The summed E-state index contributed by atoms with van der Waals surface area (Å²) < 4.78 is 0. The Morgan fingerprint density at radius 2 is 2.11 bits per heavy atom. The van der Waals surface area contributed by atoms with E-state index in [0.29, 0.717) is 0 Å². The van der Waals surface area contributed by atoms with E-state index in [1.165, 1.54) is 24.8 Å². The number of nitrogens with zero attached hydrogens (tertiary/aromatic N) is 2. The number of anilines is 1. The lowest BCUT2D eigenvalue weighted by Gasteiger charge is -2.20. The summed E-state index contributed by atoms with van der Waals surface area (Å²) in [7, 11) is 2.13. The van der Waals surface area contributed by atoms with Gasteiger partial charge in [-0.2, -0.15) is 0 Å². The third-order valence-corrected chi connectivity index (χ3v) is 3.77. The monoisotopic (exact) mass is 261 g/mol. The van der Waals surface area contributed by atoms with Crippen molar-refractivity contribution in [3.05, 3.63) is 23.4 Å². The van der Waals surface area contributed by atoms with E-state index in [-0.39, 0.29) is 0 Å². The maximum absolute atomic E-state index is 4.74. The fourth-order valence-corrected chi connectivity index (χ4v) is 2.08. The number of pyridine rings is 1. The highest BCUT2D eigenvalue weighted by Crippen LogP contribution is 2.20. The molecule has 0 radical (unpaired) electrons. The van der Waals surface area contributed by atoms with E-state index in [1.807, 2.05) is 0 Å². The highest BCUT2D eigenvalue weighted by molar-refractivity contribution is 5.40. The molecule has 1 aromatic rings. The average Bonchev–Trinajstić information content (AvgIpc) is 3.18. The van der Waals surface area contributed by atoms with Gasteiger partial charge >= 0.3 is 0 Å². The van der Waals surface area contributed by atoms with E-state index < -0.39 is 0 Å². The molecular weight excluding hydrogens is 234 g/mol. The molecule has 1 fully saturated rings. The van der Waals surface area contributed by atoms with Crippen molar-refractivity contribution in [2.75, 3.05) is 18.5 Å². The van der Waals surface area contributed by atoms with E-state index in [0.717, 1.165) is 36.6 Å². The minimum absolute atomic E-state index is 0.741. The summed E-state index contributed by atoms with van der Waals surface area (Å²) >= 11 is 0. The predicted molar refractivity (Wildman–Crippen MR) is 81.6 cm³/mol. The van der Waals surface area contributed by atoms with Crippen LogP contribution in [0.1, 0.15) is 44.4 Å². The Hall–Kier alpha value is -1.09. The predicted octanol–water partition coefficient (Wildman–Crippen LogP) is 3.12. The lowest BCUT2D eigenvalue weighted by atomic mass is 10.1. The Morgan fingerprint density at radius 3 is 2.68 bits per heavy atom. The Morgan fingerprint density at radius 1 is 1.37 bits per heavy atom. The maximum atomic E-state index is 4.74. The molecule has 3 nitrogen and oxygen atoms in total. The molecule has 1 aliphatic rings. The van der Waals surface area contributed by atoms with Gasteiger partial charge in [-0.05, 0) is 43.7 Å². The Balaban J connectivity index is 1.92. The van der Waals surface area contributed by atoms with Crippen LogP contribution in [0.25, 0.3) is 0 Å². The van der Waals surface area contributed by atoms with E-state index in [4.69, 9.17) is 4.98 Å². The second kappa shape index (κ2) is 6.38. The smallest absolute Gasteiger partial charge is 0.128 e. The minimum atomic E-state index is 0.741. The zero-order valence-corrected chi connectivity index (χ0v) is 12.7. The topological polar surface area (TPSA) is 28.2 Å². The summed E-state index contributed by atoms with van der Waals surface area (Å²) in [4.78, 5) is 6.99. The molecule has 0 saturated heterocycles. The van der Waals surface area contributed by atoms with Crippen LogP contribution in [0.3, 0.4) is 0 Å². The second-order valence-electron chi connectivity index (χ2n) is 6.17.